The predicted molar refractivity (Wildman–Crippen MR) is 144 cm³/mol. The van der Waals surface area contributed by atoms with Crippen molar-refractivity contribution in [1.82, 2.24) is 18.9 Å². The number of carbonyl (C=O) groups excluding carboxylic acids is 2. The molecule has 2 heterocycles. The second-order valence-electron chi connectivity index (χ2n) is 9.49. The molecule has 0 atom stereocenters. The molecule has 0 saturated carbocycles. The third kappa shape index (κ3) is 5.95. The van der Waals surface area contributed by atoms with Gasteiger partial charge in [0.15, 0.2) is 0 Å². The van der Waals surface area contributed by atoms with Crippen LogP contribution in [0.1, 0.15) is 11.1 Å². The summed E-state index contributed by atoms with van der Waals surface area (Å²) >= 11 is 0. The molecule has 0 spiro atoms. The first-order valence-electron chi connectivity index (χ1n) is 12.2. The molecular formula is C28H34N4O5. The van der Waals surface area contributed by atoms with Crippen molar-refractivity contribution in [2.45, 2.75) is 12.8 Å². The summed E-state index contributed by atoms with van der Waals surface area (Å²) in [5.74, 6) is 0.711. The lowest BCUT2D eigenvalue weighted by Gasteiger charge is -2.09. The van der Waals surface area contributed by atoms with Crippen LogP contribution in [-0.4, -0.2) is 86.3 Å². The molecule has 0 saturated heterocycles. The maximum absolute atomic E-state index is 12.9. The monoisotopic (exact) mass is 506 g/mol. The minimum Gasteiger partial charge on any atom is -0.497 e. The zero-order valence-electron chi connectivity index (χ0n) is 22.1. The number of rotatable bonds is 9. The number of carbonyl (C=O) groups is 2. The number of methoxy groups -OCH3 is 1. The van der Waals surface area contributed by atoms with Crippen LogP contribution in [0.25, 0.3) is 21.8 Å². The van der Waals surface area contributed by atoms with E-state index in [2.05, 4.69) is 9.80 Å². The molecule has 37 heavy (non-hydrogen) atoms. The van der Waals surface area contributed by atoms with Gasteiger partial charge in [-0.1, -0.05) is 18.2 Å². The lowest BCUT2D eigenvalue weighted by atomic mass is 10.1. The van der Waals surface area contributed by atoms with Gasteiger partial charge in [0.25, 0.3) is 0 Å². The third-order valence-corrected chi connectivity index (χ3v) is 6.30. The molecule has 0 amide bonds. The number of hydrogen-bond donors (Lipinski definition) is 0. The Morgan fingerprint density at radius 2 is 1.30 bits per heavy atom. The summed E-state index contributed by atoms with van der Waals surface area (Å²) in [6, 6.07) is 13.2. The molecule has 0 aliphatic heterocycles. The van der Waals surface area contributed by atoms with Crippen molar-refractivity contribution in [3.8, 4) is 5.75 Å². The quantitative estimate of drug-likeness (QED) is 0.311. The van der Waals surface area contributed by atoms with Crippen molar-refractivity contribution in [1.29, 1.82) is 0 Å². The van der Waals surface area contributed by atoms with E-state index in [-0.39, 0.29) is 0 Å². The Morgan fingerprint density at radius 3 is 1.86 bits per heavy atom. The van der Waals surface area contributed by atoms with Gasteiger partial charge < -0.3 is 24.0 Å². The minimum atomic E-state index is -0.622. The molecule has 2 aromatic carbocycles. The van der Waals surface area contributed by atoms with E-state index in [9.17, 15) is 9.59 Å². The minimum absolute atomic E-state index is 0.500. The Labute approximate surface area is 216 Å². The van der Waals surface area contributed by atoms with Crippen LogP contribution in [0.3, 0.4) is 0 Å². The highest BCUT2D eigenvalue weighted by Crippen LogP contribution is 2.27. The Balaban J connectivity index is 1.47. The van der Waals surface area contributed by atoms with Gasteiger partial charge in [-0.25, -0.2) is 9.59 Å². The number of likely N-dealkylation sites (N-methyl/N-ethyl adjacent to an activating group) is 2. The van der Waals surface area contributed by atoms with E-state index in [0.29, 0.717) is 11.3 Å². The van der Waals surface area contributed by atoms with Gasteiger partial charge in [0.2, 0.25) is 6.79 Å². The fourth-order valence-electron chi connectivity index (χ4n) is 4.31. The number of hydrogen-bond acceptors (Lipinski definition) is 7. The lowest BCUT2D eigenvalue weighted by Crippen LogP contribution is -2.19. The molecule has 0 unspecified atom stereocenters. The standard InChI is InChI=1S/C28H34N4O5/c1-29(2)14-12-20-17-31(25-9-7-6-8-23(20)25)27(33)36-19-37-28(34)32-18-21(13-15-30(3)4)24-16-22(35-5)10-11-26(24)32/h6-11,16-18H,12-15,19H2,1-5H3. The molecule has 0 radical (unpaired) electrons. The predicted octanol–water partition coefficient (Wildman–Crippen LogP) is 4.44. The summed E-state index contributed by atoms with van der Waals surface area (Å²) in [4.78, 5) is 30.0. The molecule has 4 aromatic rings. The van der Waals surface area contributed by atoms with Crippen LogP contribution in [0.15, 0.2) is 54.9 Å². The largest absolute Gasteiger partial charge is 0.497 e. The van der Waals surface area contributed by atoms with Crippen molar-refractivity contribution >= 4 is 34.0 Å². The van der Waals surface area contributed by atoms with Crippen LogP contribution < -0.4 is 4.74 Å². The van der Waals surface area contributed by atoms with Crippen LogP contribution in [0.2, 0.25) is 0 Å². The summed E-state index contributed by atoms with van der Waals surface area (Å²) in [5.41, 5.74) is 3.51. The van der Waals surface area contributed by atoms with Crippen molar-refractivity contribution in [2.75, 3.05) is 55.2 Å². The topological polar surface area (TPSA) is 78.2 Å². The normalized spacial score (nSPS) is 11.5. The molecule has 196 valence electrons. The fourth-order valence-corrected chi connectivity index (χ4v) is 4.31. The average Bonchev–Trinajstić information content (AvgIpc) is 3.44. The molecule has 0 fully saturated rings. The van der Waals surface area contributed by atoms with E-state index >= 15 is 0 Å². The van der Waals surface area contributed by atoms with Crippen LogP contribution in [-0.2, 0) is 22.3 Å². The van der Waals surface area contributed by atoms with Gasteiger partial charge in [-0.05, 0) is 76.4 Å². The smallest absolute Gasteiger partial charge is 0.421 e. The fraction of sp³-hybridized carbons (Fsp3) is 0.357. The van der Waals surface area contributed by atoms with Gasteiger partial charge in [-0.3, -0.25) is 9.13 Å². The van der Waals surface area contributed by atoms with E-state index in [1.165, 1.54) is 9.13 Å². The molecule has 9 heteroatoms. The summed E-state index contributed by atoms with van der Waals surface area (Å²) in [7, 11) is 9.64. The van der Waals surface area contributed by atoms with Crippen molar-refractivity contribution in [3.05, 3.63) is 66.0 Å². The molecule has 0 bridgehead atoms. The van der Waals surface area contributed by atoms with Crippen molar-refractivity contribution in [3.63, 3.8) is 0 Å². The van der Waals surface area contributed by atoms with E-state index < -0.39 is 19.0 Å². The number of benzene rings is 2. The van der Waals surface area contributed by atoms with Crippen LogP contribution in [0.5, 0.6) is 5.75 Å². The SMILES string of the molecule is COc1ccc2c(c1)c(CCN(C)C)cn2C(=O)OCOC(=O)n1cc(CCN(C)C)c2ccccc21. The van der Waals surface area contributed by atoms with E-state index in [4.69, 9.17) is 14.2 Å². The average molecular weight is 507 g/mol. The van der Waals surface area contributed by atoms with E-state index in [0.717, 1.165) is 53.3 Å². The number of nitrogens with zero attached hydrogens (tertiary/aromatic N) is 4. The molecule has 4 rings (SSSR count). The van der Waals surface area contributed by atoms with Gasteiger partial charge in [0, 0.05) is 36.3 Å². The van der Waals surface area contributed by atoms with Crippen LogP contribution in [0, 0.1) is 0 Å². The van der Waals surface area contributed by atoms with Crippen LogP contribution >= 0.6 is 0 Å². The zero-order valence-corrected chi connectivity index (χ0v) is 22.1. The van der Waals surface area contributed by atoms with Crippen LogP contribution in [0.4, 0.5) is 9.59 Å². The van der Waals surface area contributed by atoms with Gasteiger partial charge in [0.1, 0.15) is 5.75 Å². The summed E-state index contributed by atoms with van der Waals surface area (Å²) in [6.45, 7) is 1.18. The lowest BCUT2D eigenvalue weighted by molar-refractivity contribution is 0.0263. The Kier molecular flexibility index (Phi) is 8.15. The molecule has 0 aliphatic rings. The number of ether oxygens (including phenoxy) is 3. The van der Waals surface area contributed by atoms with E-state index in [1.807, 2.05) is 64.6 Å². The summed E-state index contributed by atoms with van der Waals surface area (Å²) in [6.07, 6.45) is 3.89. The second kappa shape index (κ2) is 11.5. The second-order valence-corrected chi connectivity index (χ2v) is 9.49. The zero-order chi connectivity index (χ0) is 26.5. The number of aromatic nitrogens is 2. The molecule has 0 N–H and O–H groups in total. The van der Waals surface area contributed by atoms with Gasteiger partial charge in [0.05, 0.1) is 18.1 Å². The molecular weight excluding hydrogens is 472 g/mol. The van der Waals surface area contributed by atoms with Crippen molar-refractivity contribution in [2.24, 2.45) is 0 Å². The van der Waals surface area contributed by atoms with Gasteiger partial charge >= 0.3 is 12.2 Å². The summed E-state index contributed by atoms with van der Waals surface area (Å²) < 4.78 is 18.9. The first-order chi connectivity index (χ1) is 17.8. The third-order valence-electron chi connectivity index (χ3n) is 6.30. The maximum Gasteiger partial charge on any atom is 0.421 e. The summed E-state index contributed by atoms with van der Waals surface area (Å²) in [5, 5.41) is 1.91. The highest BCUT2D eigenvalue weighted by molar-refractivity contribution is 5.93. The Hall–Kier alpha value is -3.82. The number of para-hydroxylation sites is 1. The molecule has 2 aromatic heterocycles. The van der Waals surface area contributed by atoms with Crippen molar-refractivity contribution < 1.29 is 23.8 Å². The van der Waals surface area contributed by atoms with Gasteiger partial charge in [-0.2, -0.15) is 0 Å². The first kappa shape index (κ1) is 26.2. The first-order valence-corrected chi connectivity index (χ1v) is 12.2. The Bertz CT molecular complexity index is 1400. The molecule has 0 aliphatic carbocycles. The van der Waals surface area contributed by atoms with E-state index in [1.54, 1.807) is 25.6 Å². The highest BCUT2D eigenvalue weighted by Gasteiger charge is 2.18. The molecule has 9 nitrogen and oxygen atoms in total. The Morgan fingerprint density at radius 1 is 0.757 bits per heavy atom. The highest BCUT2D eigenvalue weighted by atomic mass is 16.7. The number of fused-ring (bicyclic) bond motifs is 2. The van der Waals surface area contributed by atoms with Gasteiger partial charge in [-0.15, -0.1) is 0 Å². The maximum atomic E-state index is 12.9.